The van der Waals surface area contributed by atoms with E-state index in [1.165, 1.54) is 0 Å². The van der Waals surface area contributed by atoms with Crippen molar-refractivity contribution in [1.29, 1.82) is 0 Å². The maximum absolute atomic E-state index is 5.88. The summed E-state index contributed by atoms with van der Waals surface area (Å²) in [6, 6.07) is 3.59. The second-order valence-corrected chi connectivity index (χ2v) is 3.43. The summed E-state index contributed by atoms with van der Waals surface area (Å²) in [7, 11) is 4.73. The van der Waals surface area contributed by atoms with Crippen molar-refractivity contribution in [2.75, 3.05) is 27.1 Å². The Balaban J connectivity index is 2.92. The van der Waals surface area contributed by atoms with Crippen LogP contribution in [0.25, 0.3) is 10.8 Å². The Morgan fingerprint density at radius 3 is 2.35 bits per heavy atom. The van der Waals surface area contributed by atoms with Crippen molar-refractivity contribution < 1.29 is 14.2 Å². The average Bonchev–Trinajstić information content (AvgIpc) is 2.37. The van der Waals surface area contributed by atoms with Crippen molar-refractivity contribution >= 4 is 16.6 Å². The number of hydrogen-bond donors (Lipinski definition) is 1. The summed E-state index contributed by atoms with van der Waals surface area (Å²) in [6.07, 6.45) is 1.63. The van der Waals surface area contributed by atoms with Crippen molar-refractivity contribution in [2.24, 2.45) is 0 Å². The van der Waals surface area contributed by atoms with Crippen molar-refractivity contribution in [3.63, 3.8) is 0 Å². The minimum Gasteiger partial charge on any atom is -0.496 e. The molecule has 0 saturated carbocycles. The van der Waals surface area contributed by atoms with Crippen LogP contribution in [-0.2, 0) is 0 Å². The number of anilines is 1. The summed E-state index contributed by atoms with van der Waals surface area (Å²) < 4.78 is 15.9. The number of nitrogen functional groups attached to an aromatic ring is 1. The Morgan fingerprint density at radius 2 is 1.76 bits per heavy atom. The highest BCUT2D eigenvalue weighted by Crippen LogP contribution is 2.42. The van der Waals surface area contributed by atoms with Gasteiger partial charge >= 0.3 is 0 Å². The van der Waals surface area contributed by atoms with Crippen LogP contribution >= 0.6 is 0 Å². The molecule has 0 fully saturated rings. The Hall–Kier alpha value is -2.17. The third-order valence-corrected chi connectivity index (χ3v) is 2.60. The van der Waals surface area contributed by atoms with Gasteiger partial charge in [-0.15, -0.1) is 0 Å². The van der Waals surface area contributed by atoms with Crippen LogP contribution in [0.3, 0.4) is 0 Å². The number of ether oxygens (including phenoxy) is 3. The zero-order valence-electron chi connectivity index (χ0n) is 9.98. The quantitative estimate of drug-likeness (QED) is 0.877. The van der Waals surface area contributed by atoms with Gasteiger partial charge in [0.05, 0.1) is 26.7 Å². The van der Waals surface area contributed by atoms with Crippen molar-refractivity contribution in [1.82, 2.24) is 4.98 Å². The van der Waals surface area contributed by atoms with Gasteiger partial charge in [-0.25, -0.2) is 4.98 Å². The molecule has 2 rings (SSSR count). The third-order valence-electron chi connectivity index (χ3n) is 2.60. The highest BCUT2D eigenvalue weighted by Gasteiger charge is 2.16. The second kappa shape index (κ2) is 4.37. The largest absolute Gasteiger partial charge is 0.496 e. The van der Waals surface area contributed by atoms with Gasteiger partial charge in [0.25, 0.3) is 0 Å². The molecule has 17 heavy (non-hydrogen) atoms. The molecular weight excluding hydrogens is 220 g/mol. The number of nitrogens with two attached hydrogens (primary N) is 1. The van der Waals surface area contributed by atoms with Gasteiger partial charge in [0.15, 0.2) is 11.5 Å². The molecule has 0 aliphatic carbocycles. The molecule has 5 nitrogen and oxygen atoms in total. The van der Waals surface area contributed by atoms with E-state index in [-0.39, 0.29) is 0 Å². The molecule has 1 aromatic carbocycles. The Bertz CT molecular complexity index is 555. The van der Waals surface area contributed by atoms with Crippen LogP contribution in [0.5, 0.6) is 17.2 Å². The van der Waals surface area contributed by atoms with E-state index in [1.807, 2.05) is 6.07 Å². The maximum atomic E-state index is 5.88. The number of benzene rings is 1. The molecule has 0 saturated heterocycles. The lowest BCUT2D eigenvalue weighted by atomic mass is 10.1. The normalized spacial score (nSPS) is 10.3. The molecule has 0 radical (unpaired) electrons. The topological polar surface area (TPSA) is 66.6 Å². The number of rotatable bonds is 3. The average molecular weight is 234 g/mol. The number of nitrogens with zero attached hydrogens (tertiary/aromatic N) is 1. The van der Waals surface area contributed by atoms with Gasteiger partial charge in [0.1, 0.15) is 11.6 Å². The van der Waals surface area contributed by atoms with Gasteiger partial charge in [-0.3, -0.25) is 0 Å². The van der Waals surface area contributed by atoms with Crippen LogP contribution in [0.2, 0.25) is 0 Å². The summed E-state index contributed by atoms with van der Waals surface area (Å²) >= 11 is 0. The van der Waals surface area contributed by atoms with Gasteiger partial charge in [-0.05, 0) is 6.07 Å². The van der Waals surface area contributed by atoms with Crippen LogP contribution in [0.1, 0.15) is 0 Å². The predicted octanol–water partition coefficient (Wildman–Crippen LogP) is 1.84. The summed E-state index contributed by atoms with van der Waals surface area (Å²) in [5.74, 6) is 2.19. The molecule has 5 heteroatoms. The van der Waals surface area contributed by atoms with Crippen molar-refractivity contribution in [3.05, 3.63) is 18.3 Å². The van der Waals surface area contributed by atoms with E-state index in [0.29, 0.717) is 28.5 Å². The summed E-state index contributed by atoms with van der Waals surface area (Å²) in [6.45, 7) is 0. The summed E-state index contributed by atoms with van der Waals surface area (Å²) in [5.41, 5.74) is 5.88. The first kappa shape index (κ1) is 11.3. The smallest absolute Gasteiger partial charge is 0.172 e. The minimum atomic E-state index is 0.386. The van der Waals surface area contributed by atoms with Crippen molar-refractivity contribution in [3.8, 4) is 17.2 Å². The van der Waals surface area contributed by atoms with Crippen LogP contribution in [0.15, 0.2) is 18.3 Å². The highest BCUT2D eigenvalue weighted by atomic mass is 16.5. The standard InChI is InChI=1S/C12H14N2O3/c1-15-8-6-9(16-2)11(17-3)10-7(8)4-5-14-12(10)13/h4-6H,1-3H3,(H2,13,14). The molecule has 1 aromatic heterocycles. The first-order chi connectivity index (χ1) is 8.22. The molecule has 90 valence electrons. The molecule has 0 aliphatic rings. The number of fused-ring (bicyclic) bond motifs is 1. The zero-order chi connectivity index (χ0) is 12.4. The second-order valence-electron chi connectivity index (χ2n) is 3.43. The Kier molecular flexibility index (Phi) is 2.91. The van der Waals surface area contributed by atoms with Crippen LogP contribution in [0.4, 0.5) is 5.82 Å². The lowest BCUT2D eigenvalue weighted by Gasteiger charge is -2.14. The third kappa shape index (κ3) is 1.69. The van der Waals surface area contributed by atoms with E-state index < -0.39 is 0 Å². The Morgan fingerprint density at radius 1 is 1.06 bits per heavy atom. The molecule has 0 bridgehead atoms. The fraction of sp³-hybridized carbons (Fsp3) is 0.250. The van der Waals surface area contributed by atoms with Crippen LogP contribution < -0.4 is 19.9 Å². The van der Waals surface area contributed by atoms with E-state index in [9.17, 15) is 0 Å². The van der Waals surface area contributed by atoms with E-state index in [4.69, 9.17) is 19.9 Å². The van der Waals surface area contributed by atoms with Gasteiger partial charge in [-0.2, -0.15) is 0 Å². The van der Waals surface area contributed by atoms with E-state index in [0.717, 1.165) is 5.39 Å². The summed E-state index contributed by atoms with van der Waals surface area (Å²) in [4.78, 5) is 4.05. The fourth-order valence-corrected chi connectivity index (χ4v) is 1.83. The van der Waals surface area contributed by atoms with Gasteiger partial charge < -0.3 is 19.9 Å². The number of aromatic nitrogens is 1. The van der Waals surface area contributed by atoms with E-state index in [1.54, 1.807) is 33.6 Å². The van der Waals surface area contributed by atoms with Gasteiger partial charge in [-0.1, -0.05) is 0 Å². The molecular formula is C12H14N2O3. The lowest BCUT2D eigenvalue weighted by Crippen LogP contribution is -1.98. The number of pyridine rings is 1. The van der Waals surface area contributed by atoms with Gasteiger partial charge in [0, 0.05) is 17.6 Å². The monoisotopic (exact) mass is 234 g/mol. The predicted molar refractivity (Wildman–Crippen MR) is 65.8 cm³/mol. The van der Waals surface area contributed by atoms with E-state index in [2.05, 4.69) is 4.98 Å². The number of methoxy groups -OCH3 is 3. The van der Waals surface area contributed by atoms with Crippen LogP contribution in [-0.4, -0.2) is 26.3 Å². The molecule has 0 unspecified atom stereocenters. The SMILES string of the molecule is COc1cc(OC)c2ccnc(N)c2c1OC. The van der Waals surface area contributed by atoms with E-state index >= 15 is 0 Å². The first-order valence-corrected chi connectivity index (χ1v) is 5.06. The van der Waals surface area contributed by atoms with Crippen molar-refractivity contribution in [2.45, 2.75) is 0 Å². The fourth-order valence-electron chi connectivity index (χ4n) is 1.83. The maximum Gasteiger partial charge on any atom is 0.172 e. The molecule has 0 amide bonds. The highest BCUT2D eigenvalue weighted by molar-refractivity contribution is 6.01. The molecule has 1 heterocycles. The lowest BCUT2D eigenvalue weighted by molar-refractivity contribution is 0.353. The molecule has 0 atom stereocenters. The minimum absolute atomic E-state index is 0.386. The first-order valence-electron chi connectivity index (χ1n) is 5.06. The summed E-state index contributed by atoms with van der Waals surface area (Å²) in [5, 5.41) is 1.55. The Labute approximate surface area is 99.1 Å². The molecule has 2 N–H and O–H groups in total. The number of hydrogen-bond acceptors (Lipinski definition) is 5. The molecule has 0 aliphatic heterocycles. The molecule has 2 aromatic rings. The van der Waals surface area contributed by atoms with Gasteiger partial charge in [0.2, 0.25) is 0 Å². The molecule has 0 spiro atoms. The zero-order valence-corrected chi connectivity index (χ0v) is 9.98. The van der Waals surface area contributed by atoms with Crippen LogP contribution in [0, 0.1) is 0 Å².